The third kappa shape index (κ3) is 5.69. The Kier molecular flexibility index (Phi) is 7.16. The van der Waals surface area contributed by atoms with Crippen molar-refractivity contribution in [2.24, 2.45) is 4.99 Å². The van der Waals surface area contributed by atoms with Crippen LogP contribution in [0.5, 0.6) is 0 Å². The molecule has 0 aliphatic carbocycles. The molecule has 1 aliphatic rings. The Bertz CT molecular complexity index is 621. The van der Waals surface area contributed by atoms with E-state index in [9.17, 15) is 13.6 Å². The molecule has 1 aliphatic heterocycles. The normalized spacial score (nSPS) is 17.7. The summed E-state index contributed by atoms with van der Waals surface area (Å²) >= 11 is 0. The molecule has 1 saturated heterocycles. The minimum atomic E-state index is -0.447. The lowest BCUT2D eigenvalue weighted by Gasteiger charge is -2.18. The van der Waals surface area contributed by atoms with Gasteiger partial charge < -0.3 is 15.5 Å². The molecule has 0 radical (unpaired) electrons. The van der Waals surface area contributed by atoms with E-state index in [0.717, 1.165) is 25.1 Å². The zero-order valence-electron chi connectivity index (χ0n) is 14.8. The molecule has 1 unspecified atom stereocenters. The lowest BCUT2D eigenvalue weighted by atomic mass is 10.1. The maximum absolute atomic E-state index is 13.6. The lowest BCUT2D eigenvalue weighted by Crippen LogP contribution is -2.45. The summed E-state index contributed by atoms with van der Waals surface area (Å²) in [6, 6.07) is 3.60. The van der Waals surface area contributed by atoms with Crippen LogP contribution < -0.4 is 10.6 Å². The van der Waals surface area contributed by atoms with Crippen LogP contribution in [-0.2, 0) is 11.2 Å². The summed E-state index contributed by atoms with van der Waals surface area (Å²) in [4.78, 5) is 18.0. The Morgan fingerprint density at radius 3 is 2.88 bits per heavy atom. The van der Waals surface area contributed by atoms with Gasteiger partial charge in [0.2, 0.25) is 5.91 Å². The first-order chi connectivity index (χ1) is 12.0. The molecule has 25 heavy (non-hydrogen) atoms. The van der Waals surface area contributed by atoms with Crippen LogP contribution >= 0.6 is 0 Å². The van der Waals surface area contributed by atoms with E-state index in [1.807, 2.05) is 18.7 Å². The molecule has 0 aromatic heterocycles. The molecule has 1 fully saturated rings. The first-order valence-corrected chi connectivity index (χ1v) is 8.80. The average molecular weight is 352 g/mol. The lowest BCUT2D eigenvalue weighted by molar-refractivity contribution is -0.129. The van der Waals surface area contributed by atoms with Crippen molar-refractivity contribution in [3.05, 3.63) is 35.4 Å². The number of nitrogens with one attached hydrogen (secondary N) is 2. The van der Waals surface area contributed by atoms with Crippen LogP contribution in [0.15, 0.2) is 23.2 Å². The van der Waals surface area contributed by atoms with E-state index in [-0.39, 0.29) is 11.9 Å². The highest BCUT2D eigenvalue weighted by atomic mass is 19.1. The van der Waals surface area contributed by atoms with Gasteiger partial charge in [-0.15, -0.1) is 0 Å². The van der Waals surface area contributed by atoms with Crippen molar-refractivity contribution in [1.29, 1.82) is 0 Å². The van der Waals surface area contributed by atoms with E-state index in [0.29, 0.717) is 44.0 Å². The second-order valence-corrected chi connectivity index (χ2v) is 6.07. The van der Waals surface area contributed by atoms with Gasteiger partial charge in [-0.2, -0.15) is 0 Å². The van der Waals surface area contributed by atoms with Gasteiger partial charge in [0.05, 0.1) is 0 Å². The molecule has 0 bridgehead atoms. The summed E-state index contributed by atoms with van der Waals surface area (Å²) in [5, 5.41) is 6.46. The van der Waals surface area contributed by atoms with Gasteiger partial charge in [0.15, 0.2) is 5.96 Å². The maximum Gasteiger partial charge on any atom is 0.222 e. The number of carbonyl (C=O) groups excluding carboxylic acids is 1. The van der Waals surface area contributed by atoms with Crippen molar-refractivity contribution >= 4 is 11.9 Å². The fourth-order valence-electron chi connectivity index (χ4n) is 2.86. The predicted octanol–water partition coefficient (Wildman–Crippen LogP) is 2.07. The Morgan fingerprint density at radius 2 is 2.16 bits per heavy atom. The molecule has 1 atom stereocenters. The number of nitrogens with zero attached hydrogens (tertiary/aromatic N) is 2. The van der Waals surface area contributed by atoms with E-state index in [1.165, 1.54) is 6.07 Å². The van der Waals surface area contributed by atoms with Crippen LogP contribution in [0.3, 0.4) is 0 Å². The van der Waals surface area contributed by atoms with E-state index in [4.69, 9.17) is 0 Å². The van der Waals surface area contributed by atoms with Gasteiger partial charge in [-0.25, -0.2) is 8.78 Å². The number of amides is 1. The van der Waals surface area contributed by atoms with E-state index in [1.54, 1.807) is 0 Å². The van der Waals surface area contributed by atoms with Crippen molar-refractivity contribution in [3.8, 4) is 0 Å². The number of hydrogen-bond acceptors (Lipinski definition) is 2. The van der Waals surface area contributed by atoms with Crippen LogP contribution in [0, 0.1) is 11.6 Å². The number of halogens is 2. The van der Waals surface area contributed by atoms with Crippen molar-refractivity contribution in [1.82, 2.24) is 15.5 Å². The second kappa shape index (κ2) is 9.34. The molecule has 2 N–H and O–H groups in total. The molecule has 0 saturated carbocycles. The average Bonchev–Trinajstić information content (AvgIpc) is 3.06. The summed E-state index contributed by atoms with van der Waals surface area (Å²) in [5.74, 6) is -0.0703. The van der Waals surface area contributed by atoms with Gasteiger partial charge in [-0.1, -0.05) is 6.92 Å². The number of likely N-dealkylation sites (tertiary alicyclic amines) is 1. The molecule has 1 aromatic rings. The van der Waals surface area contributed by atoms with Crippen molar-refractivity contribution in [2.45, 2.75) is 39.2 Å². The number of hydrogen-bond donors (Lipinski definition) is 2. The third-order valence-corrected chi connectivity index (χ3v) is 4.19. The molecule has 1 amide bonds. The Morgan fingerprint density at radius 1 is 1.36 bits per heavy atom. The monoisotopic (exact) mass is 352 g/mol. The Balaban J connectivity index is 1.90. The number of rotatable bonds is 6. The number of carbonyl (C=O) groups is 1. The van der Waals surface area contributed by atoms with Crippen LogP contribution in [0.1, 0.15) is 32.3 Å². The maximum atomic E-state index is 13.6. The minimum absolute atomic E-state index is 0.152. The predicted molar refractivity (Wildman–Crippen MR) is 94.5 cm³/mol. The standard InChI is InChI=1S/C18H26F2N4O/c1-3-17(25)24-10-8-15(12-24)23-18(21-4-2)22-9-7-13-11-14(19)5-6-16(13)20/h5-6,11,15H,3-4,7-10,12H2,1-2H3,(H2,21,22,23). The number of aliphatic imine (C=N–C) groups is 1. The summed E-state index contributed by atoms with van der Waals surface area (Å²) in [7, 11) is 0. The van der Waals surface area contributed by atoms with Crippen molar-refractivity contribution in [3.63, 3.8) is 0 Å². The van der Waals surface area contributed by atoms with E-state index in [2.05, 4.69) is 15.6 Å². The van der Waals surface area contributed by atoms with Gasteiger partial charge >= 0.3 is 0 Å². The molecule has 7 heteroatoms. The molecule has 1 aromatic carbocycles. The first-order valence-electron chi connectivity index (χ1n) is 8.80. The van der Waals surface area contributed by atoms with Crippen LogP contribution in [0.2, 0.25) is 0 Å². The van der Waals surface area contributed by atoms with Gasteiger partial charge in [0.1, 0.15) is 11.6 Å². The van der Waals surface area contributed by atoms with Crippen LogP contribution in [-0.4, -0.2) is 49.0 Å². The molecule has 138 valence electrons. The molecule has 0 spiro atoms. The van der Waals surface area contributed by atoms with Gasteiger partial charge in [-0.3, -0.25) is 9.79 Å². The summed E-state index contributed by atoms with van der Waals surface area (Å²) in [6.45, 7) is 6.28. The number of guanidine groups is 1. The molecule has 2 rings (SSSR count). The van der Waals surface area contributed by atoms with E-state index < -0.39 is 11.6 Å². The SMILES string of the molecule is CCNC(=NCCc1cc(F)ccc1F)NC1CCN(C(=O)CC)C1. The highest BCUT2D eigenvalue weighted by molar-refractivity contribution is 5.80. The van der Waals surface area contributed by atoms with Crippen molar-refractivity contribution in [2.75, 3.05) is 26.2 Å². The highest BCUT2D eigenvalue weighted by Crippen LogP contribution is 2.11. The topological polar surface area (TPSA) is 56.7 Å². The molecule has 1 heterocycles. The van der Waals surface area contributed by atoms with Gasteiger partial charge in [-0.05, 0) is 43.5 Å². The molecule has 5 nitrogen and oxygen atoms in total. The van der Waals surface area contributed by atoms with Gasteiger partial charge in [0, 0.05) is 38.6 Å². The third-order valence-electron chi connectivity index (χ3n) is 4.19. The first kappa shape index (κ1) is 19.1. The zero-order chi connectivity index (χ0) is 18.2. The molecular formula is C18H26F2N4O. The summed E-state index contributed by atoms with van der Waals surface area (Å²) in [5.41, 5.74) is 0.320. The summed E-state index contributed by atoms with van der Waals surface area (Å²) < 4.78 is 26.8. The smallest absolute Gasteiger partial charge is 0.222 e. The van der Waals surface area contributed by atoms with Crippen LogP contribution in [0.25, 0.3) is 0 Å². The Labute approximate surface area is 147 Å². The Hall–Kier alpha value is -2.18. The fraction of sp³-hybridized carbons (Fsp3) is 0.556. The summed E-state index contributed by atoms with van der Waals surface area (Å²) in [6.07, 6.45) is 1.71. The van der Waals surface area contributed by atoms with E-state index >= 15 is 0 Å². The molecular weight excluding hydrogens is 326 g/mol. The zero-order valence-corrected chi connectivity index (χ0v) is 14.8. The van der Waals surface area contributed by atoms with Crippen molar-refractivity contribution < 1.29 is 13.6 Å². The largest absolute Gasteiger partial charge is 0.357 e. The quantitative estimate of drug-likeness (QED) is 0.609. The minimum Gasteiger partial charge on any atom is -0.357 e. The highest BCUT2D eigenvalue weighted by Gasteiger charge is 2.25. The van der Waals surface area contributed by atoms with Gasteiger partial charge in [0.25, 0.3) is 0 Å². The second-order valence-electron chi connectivity index (χ2n) is 6.07. The fourth-order valence-corrected chi connectivity index (χ4v) is 2.86. The van der Waals surface area contributed by atoms with Crippen LogP contribution in [0.4, 0.5) is 8.78 Å². The number of benzene rings is 1.